The highest BCUT2D eigenvalue weighted by molar-refractivity contribution is 7.89. The Labute approximate surface area is 166 Å². The molecule has 3 aromatic rings. The van der Waals surface area contributed by atoms with Crippen LogP contribution >= 0.6 is 11.3 Å². The van der Waals surface area contributed by atoms with E-state index >= 15 is 0 Å². The van der Waals surface area contributed by atoms with E-state index in [9.17, 15) is 8.42 Å². The van der Waals surface area contributed by atoms with Crippen LogP contribution in [0.3, 0.4) is 0 Å². The van der Waals surface area contributed by atoms with Gasteiger partial charge in [-0.05, 0) is 46.7 Å². The zero-order valence-electron chi connectivity index (χ0n) is 16.2. The molecule has 2 heterocycles. The van der Waals surface area contributed by atoms with E-state index in [1.54, 1.807) is 27.8 Å². The van der Waals surface area contributed by atoms with Crippen LogP contribution in [0.5, 0.6) is 0 Å². The number of thiophene rings is 1. The Bertz CT molecular complexity index is 980. The van der Waals surface area contributed by atoms with E-state index in [4.69, 9.17) is 0 Å². The zero-order chi connectivity index (χ0) is 19.7. The maximum absolute atomic E-state index is 13.4. The van der Waals surface area contributed by atoms with Crippen molar-refractivity contribution < 1.29 is 8.42 Å². The summed E-state index contributed by atoms with van der Waals surface area (Å²) in [6, 6.07) is 15.1. The van der Waals surface area contributed by atoms with Gasteiger partial charge in [0.2, 0.25) is 10.0 Å². The van der Waals surface area contributed by atoms with Crippen LogP contribution in [0, 0.1) is 0 Å². The monoisotopic (exact) mass is 402 g/mol. The van der Waals surface area contributed by atoms with Gasteiger partial charge in [0.1, 0.15) is 0 Å². The minimum atomic E-state index is -3.61. The first kappa shape index (κ1) is 19.9. The molecule has 0 aliphatic rings. The van der Waals surface area contributed by atoms with E-state index in [0.717, 1.165) is 16.1 Å². The summed E-state index contributed by atoms with van der Waals surface area (Å²) in [5, 5.41) is 1.97. The molecule has 0 atom stereocenters. The Morgan fingerprint density at radius 2 is 1.70 bits per heavy atom. The number of aryl methyl sites for hydroxylation is 1. The van der Waals surface area contributed by atoms with Crippen molar-refractivity contribution in [3.05, 3.63) is 76.2 Å². The first-order valence-electron chi connectivity index (χ1n) is 8.91. The summed E-state index contributed by atoms with van der Waals surface area (Å²) in [5.41, 5.74) is 2.07. The summed E-state index contributed by atoms with van der Waals surface area (Å²) in [4.78, 5) is 1.36. The third-order valence-electron chi connectivity index (χ3n) is 4.66. The number of nitrogens with zero attached hydrogens (tertiary/aromatic N) is 2. The zero-order valence-corrected chi connectivity index (χ0v) is 17.8. The molecule has 0 saturated heterocycles. The van der Waals surface area contributed by atoms with E-state index in [1.165, 1.54) is 0 Å². The number of benzene rings is 1. The fourth-order valence-electron chi connectivity index (χ4n) is 2.92. The van der Waals surface area contributed by atoms with Gasteiger partial charge in [0, 0.05) is 30.4 Å². The van der Waals surface area contributed by atoms with Gasteiger partial charge in [0.15, 0.2) is 0 Å². The summed E-state index contributed by atoms with van der Waals surface area (Å²) in [6.45, 7) is 7.07. The van der Waals surface area contributed by atoms with Crippen LogP contribution < -0.4 is 0 Å². The quantitative estimate of drug-likeness (QED) is 0.596. The van der Waals surface area contributed by atoms with Crippen molar-refractivity contribution in [1.29, 1.82) is 0 Å². The molecule has 27 heavy (non-hydrogen) atoms. The van der Waals surface area contributed by atoms with Gasteiger partial charge in [-0.1, -0.05) is 39.0 Å². The molecule has 6 heteroatoms. The Morgan fingerprint density at radius 1 is 1.00 bits per heavy atom. The van der Waals surface area contributed by atoms with E-state index in [1.807, 2.05) is 59.6 Å². The van der Waals surface area contributed by atoms with Crippen LogP contribution in [0.1, 0.15) is 36.9 Å². The van der Waals surface area contributed by atoms with Crippen LogP contribution in [0.15, 0.2) is 65.0 Å². The molecule has 0 radical (unpaired) electrons. The molecule has 3 rings (SSSR count). The van der Waals surface area contributed by atoms with Crippen molar-refractivity contribution in [3.8, 4) is 0 Å². The molecule has 0 aliphatic carbocycles. The normalized spacial score (nSPS) is 12.6. The van der Waals surface area contributed by atoms with E-state index in [-0.39, 0.29) is 5.41 Å². The molecule has 0 aliphatic heterocycles. The van der Waals surface area contributed by atoms with Crippen molar-refractivity contribution in [2.45, 2.75) is 44.2 Å². The van der Waals surface area contributed by atoms with Gasteiger partial charge in [0.05, 0.1) is 11.4 Å². The summed E-state index contributed by atoms with van der Waals surface area (Å²) in [6.07, 6.45) is 1.93. The van der Waals surface area contributed by atoms with Crippen LogP contribution in [0.2, 0.25) is 0 Å². The molecule has 0 amide bonds. The second-order valence-corrected chi connectivity index (χ2v) is 10.7. The molecule has 0 bridgehead atoms. The van der Waals surface area contributed by atoms with E-state index in [0.29, 0.717) is 18.0 Å². The van der Waals surface area contributed by atoms with Gasteiger partial charge >= 0.3 is 0 Å². The second-order valence-electron chi connectivity index (χ2n) is 7.74. The van der Waals surface area contributed by atoms with Gasteiger partial charge in [-0.2, -0.15) is 4.31 Å². The summed E-state index contributed by atoms with van der Waals surface area (Å²) in [7, 11) is -1.67. The van der Waals surface area contributed by atoms with Crippen LogP contribution in [0.4, 0.5) is 0 Å². The second kappa shape index (κ2) is 7.62. The Morgan fingerprint density at radius 3 is 2.22 bits per heavy atom. The van der Waals surface area contributed by atoms with Gasteiger partial charge < -0.3 is 4.57 Å². The van der Waals surface area contributed by atoms with E-state index < -0.39 is 10.0 Å². The van der Waals surface area contributed by atoms with Crippen LogP contribution in [0.25, 0.3) is 0 Å². The van der Waals surface area contributed by atoms with Crippen molar-refractivity contribution >= 4 is 21.4 Å². The first-order valence-corrected chi connectivity index (χ1v) is 11.2. The molecule has 1 aromatic carbocycles. The highest BCUT2D eigenvalue weighted by atomic mass is 32.2. The van der Waals surface area contributed by atoms with Crippen LogP contribution in [-0.2, 0) is 35.6 Å². The third kappa shape index (κ3) is 4.51. The number of hydrogen-bond acceptors (Lipinski definition) is 3. The molecular formula is C21H26N2O2S2. The summed E-state index contributed by atoms with van der Waals surface area (Å²) < 4.78 is 30.3. The van der Waals surface area contributed by atoms with E-state index in [2.05, 4.69) is 20.8 Å². The summed E-state index contributed by atoms with van der Waals surface area (Å²) in [5.74, 6) is 0. The van der Waals surface area contributed by atoms with Crippen molar-refractivity contribution in [2.24, 2.45) is 7.05 Å². The molecule has 0 spiro atoms. The maximum atomic E-state index is 13.4. The number of sulfonamides is 1. The minimum Gasteiger partial charge on any atom is -0.353 e. The average Bonchev–Trinajstić information content (AvgIpc) is 3.26. The van der Waals surface area contributed by atoms with Crippen molar-refractivity contribution in [1.82, 2.24) is 8.87 Å². The largest absolute Gasteiger partial charge is 0.353 e. The van der Waals surface area contributed by atoms with Crippen molar-refractivity contribution in [2.75, 3.05) is 0 Å². The maximum Gasteiger partial charge on any atom is 0.243 e. The van der Waals surface area contributed by atoms with Crippen LogP contribution in [-0.4, -0.2) is 17.3 Å². The Hall–Kier alpha value is -1.89. The molecule has 0 fully saturated rings. The first-order chi connectivity index (χ1) is 12.7. The predicted octanol–water partition coefficient (Wildman–Crippen LogP) is 4.78. The molecule has 4 nitrogen and oxygen atoms in total. The number of aromatic nitrogens is 1. The lowest BCUT2D eigenvalue weighted by molar-refractivity contribution is 0.395. The Kier molecular flexibility index (Phi) is 5.60. The molecule has 0 saturated carbocycles. The smallest absolute Gasteiger partial charge is 0.243 e. The highest BCUT2D eigenvalue weighted by Gasteiger charge is 2.26. The number of hydrogen-bond donors (Lipinski definition) is 0. The molecule has 0 N–H and O–H groups in total. The molecular weight excluding hydrogens is 376 g/mol. The topological polar surface area (TPSA) is 42.3 Å². The van der Waals surface area contributed by atoms with Gasteiger partial charge in [-0.25, -0.2) is 8.42 Å². The lowest BCUT2D eigenvalue weighted by Gasteiger charge is -2.23. The molecule has 2 aromatic heterocycles. The SMILES string of the molecule is Cn1cccc1CN(Cc1cccs1)S(=O)(=O)c1ccc(C(C)(C)C)cc1. The van der Waals surface area contributed by atoms with Crippen molar-refractivity contribution in [3.63, 3.8) is 0 Å². The van der Waals surface area contributed by atoms with Gasteiger partial charge in [-0.3, -0.25) is 0 Å². The third-order valence-corrected chi connectivity index (χ3v) is 7.33. The minimum absolute atomic E-state index is 0.0119. The lowest BCUT2D eigenvalue weighted by atomic mass is 9.87. The average molecular weight is 403 g/mol. The molecule has 0 unspecified atom stereocenters. The predicted molar refractivity (Wildman–Crippen MR) is 111 cm³/mol. The molecule has 144 valence electrons. The Balaban J connectivity index is 1.95. The highest BCUT2D eigenvalue weighted by Crippen LogP contribution is 2.26. The summed E-state index contributed by atoms with van der Waals surface area (Å²) >= 11 is 1.57. The lowest BCUT2D eigenvalue weighted by Crippen LogP contribution is -2.30. The fourth-order valence-corrected chi connectivity index (χ4v) is 5.11. The van der Waals surface area contributed by atoms with Gasteiger partial charge in [-0.15, -0.1) is 11.3 Å². The fraction of sp³-hybridized carbons (Fsp3) is 0.333. The van der Waals surface area contributed by atoms with Gasteiger partial charge in [0.25, 0.3) is 0 Å². The number of rotatable bonds is 6. The standard InChI is InChI=1S/C21H26N2O2S2/c1-21(2,3)17-9-11-20(12-10-17)27(24,25)23(16-19-8-6-14-26-19)15-18-7-5-13-22(18)4/h5-14H,15-16H2,1-4H3.